The van der Waals surface area contributed by atoms with Crippen molar-refractivity contribution in [3.8, 4) is 0 Å². The topological polar surface area (TPSA) is 71.4 Å². The normalized spacial score (nSPS) is 23.7. The van der Waals surface area contributed by atoms with Gasteiger partial charge in [-0.2, -0.15) is 0 Å². The molecule has 0 radical (unpaired) electrons. The van der Waals surface area contributed by atoms with E-state index >= 15 is 0 Å². The molecule has 1 saturated heterocycles. The maximum absolute atomic E-state index is 10.9. The van der Waals surface area contributed by atoms with Gasteiger partial charge in [-0.25, -0.2) is 8.42 Å². The molecule has 0 aromatic heterocycles. The second-order valence-corrected chi connectivity index (χ2v) is 5.50. The molecule has 1 aliphatic rings. The summed E-state index contributed by atoms with van der Waals surface area (Å²) < 4.78 is 21.9. The maximum atomic E-state index is 10.9. The summed E-state index contributed by atoms with van der Waals surface area (Å²) in [6.07, 6.45) is 1.12. The fraction of sp³-hybridized carbons (Fsp3) is 0.857. The van der Waals surface area contributed by atoms with Crippen molar-refractivity contribution in [2.45, 2.75) is 19.3 Å². The first kappa shape index (κ1) is 9.51. The molecule has 5 heteroatoms. The van der Waals surface area contributed by atoms with Crippen LogP contribution in [0.15, 0.2) is 0 Å². The van der Waals surface area contributed by atoms with Gasteiger partial charge in [0.25, 0.3) is 0 Å². The highest BCUT2D eigenvalue weighted by atomic mass is 32.2. The van der Waals surface area contributed by atoms with Crippen molar-refractivity contribution in [2.75, 3.05) is 11.5 Å². The summed E-state index contributed by atoms with van der Waals surface area (Å²) in [5.41, 5.74) is 0. The smallest absolute Gasteiger partial charge is 0.303 e. The average Bonchev–Trinajstić information content (AvgIpc) is 1.93. The predicted molar refractivity (Wildman–Crippen MR) is 43.6 cm³/mol. The summed E-state index contributed by atoms with van der Waals surface area (Å²) >= 11 is 0. The summed E-state index contributed by atoms with van der Waals surface area (Å²) in [6.45, 7) is 0. The minimum Gasteiger partial charge on any atom is -0.481 e. The minimum atomic E-state index is -2.84. The third-order valence-electron chi connectivity index (χ3n) is 2.14. The summed E-state index contributed by atoms with van der Waals surface area (Å²) in [7, 11) is -2.84. The van der Waals surface area contributed by atoms with E-state index in [1.807, 2.05) is 0 Å². The largest absolute Gasteiger partial charge is 0.481 e. The number of hydrogen-bond acceptors (Lipinski definition) is 3. The van der Waals surface area contributed by atoms with Crippen molar-refractivity contribution < 1.29 is 18.3 Å². The van der Waals surface area contributed by atoms with Gasteiger partial charge >= 0.3 is 5.97 Å². The molecule has 0 spiro atoms. The van der Waals surface area contributed by atoms with Gasteiger partial charge in [0.2, 0.25) is 0 Å². The first-order valence-electron chi connectivity index (χ1n) is 3.92. The van der Waals surface area contributed by atoms with Crippen LogP contribution in [0.2, 0.25) is 0 Å². The minimum absolute atomic E-state index is 0.0611. The maximum Gasteiger partial charge on any atom is 0.303 e. The van der Waals surface area contributed by atoms with Gasteiger partial charge in [-0.3, -0.25) is 4.79 Å². The van der Waals surface area contributed by atoms with Gasteiger partial charge in [0.1, 0.15) is 9.84 Å². The SMILES string of the molecule is O=C(O)CC1CCS(=O)(=O)CC1. The Balaban J connectivity index is 2.41. The molecule has 1 N–H and O–H groups in total. The van der Waals surface area contributed by atoms with Crippen molar-refractivity contribution in [1.82, 2.24) is 0 Å². The Hall–Kier alpha value is -0.580. The van der Waals surface area contributed by atoms with E-state index in [1.165, 1.54) is 0 Å². The molecular weight excluding hydrogens is 180 g/mol. The first-order chi connectivity index (χ1) is 5.49. The van der Waals surface area contributed by atoms with Crippen molar-refractivity contribution >= 4 is 15.8 Å². The van der Waals surface area contributed by atoms with E-state index in [9.17, 15) is 13.2 Å². The Morgan fingerprint density at radius 3 is 2.25 bits per heavy atom. The third kappa shape index (κ3) is 2.81. The van der Waals surface area contributed by atoms with E-state index < -0.39 is 15.8 Å². The van der Waals surface area contributed by atoms with Crippen LogP contribution in [-0.2, 0) is 14.6 Å². The van der Waals surface area contributed by atoms with Crippen LogP contribution < -0.4 is 0 Å². The van der Waals surface area contributed by atoms with E-state index in [0.717, 1.165) is 0 Å². The van der Waals surface area contributed by atoms with Crippen LogP contribution in [-0.4, -0.2) is 31.0 Å². The number of hydrogen-bond donors (Lipinski definition) is 1. The molecular formula is C7H12O4S. The molecule has 1 rings (SSSR count). The monoisotopic (exact) mass is 192 g/mol. The highest BCUT2D eigenvalue weighted by Crippen LogP contribution is 2.21. The number of sulfone groups is 1. The number of carbonyl (C=O) groups is 1. The lowest BCUT2D eigenvalue weighted by atomic mass is 9.99. The van der Waals surface area contributed by atoms with Gasteiger partial charge in [-0.15, -0.1) is 0 Å². The highest BCUT2D eigenvalue weighted by Gasteiger charge is 2.24. The molecule has 12 heavy (non-hydrogen) atoms. The molecule has 0 aromatic rings. The molecule has 0 saturated carbocycles. The lowest BCUT2D eigenvalue weighted by Gasteiger charge is -2.19. The van der Waals surface area contributed by atoms with Crippen LogP contribution in [0.5, 0.6) is 0 Å². The van der Waals surface area contributed by atoms with E-state index in [1.54, 1.807) is 0 Å². The number of aliphatic carboxylic acids is 1. The molecule has 0 amide bonds. The van der Waals surface area contributed by atoms with Crippen LogP contribution in [0.3, 0.4) is 0 Å². The second-order valence-electron chi connectivity index (χ2n) is 3.19. The lowest BCUT2D eigenvalue weighted by molar-refractivity contribution is -0.138. The van der Waals surface area contributed by atoms with Crippen molar-refractivity contribution in [3.63, 3.8) is 0 Å². The molecule has 1 aliphatic heterocycles. The van der Waals surface area contributed by atoms with Gasteiger partial charge in [-0.1, -0.05) is 0 Å². The van der Waals surface area contributed by atoms with E-state index in [-0.39, 0.29) is 23.8 Å². The first-order valence-corrected chi connectivity index (χ1v) is 5.74. The zero-order valence-electron chi connectivity index (χ0n) is 6.69. The molecule has 0 unspecified atom stereocenters. The molecule has 1 heterocycles. The Morgan fingerprint density at radius 2 is 1.83 bits per heavy atom. The van der Waals surface area contributed by atoms with Crippen LogP contribution >= 0.6 is 0 Å². The quantitative estimate of drug-likeness (QED) is 0.682. The van der Waals surface area contributed by atoms with Crippen molar-refractivity contribution in [2.24, 2.45) is 5.92 Å². The predicted octanol–water partition coefficient (Wildman–Crippen LogP) is 0.286. The van der Waals surface area contributed by atoms with Gasteiger partial charge < -0.3 is 5.11 Å². The zero-order valence-corrected chi connectivity index (χ0v) is 7.51. The molecule has 0 atom stereocenters. The number of carboxylic acids is 1. The summed E-state index contributed by atoms with van der Waals surface area (Å²) in [6, 6.07) is 0. The van der Waals surface area contributed by atoms with Crippen LogP contribution in [0.1, 0.15) is 19.3 Å². The Bertz CT molecular complexity index is 253. The molecule has 1 fully saturated rings. The Morgan fingerprint density at radius 1 is 1.33 bits per heavy atom. The molecule has 0 aliphatic carbocycles. The summed E-state index contributed by atoms with van der Waals surface area (Å²) in [5.74, 6) is -0.457. The standard InChI is InChI=1S/C7H12O4S/c8-7(9)5-6-1-3-12(10,11)4-2-6/h6H,1-5H2,(H,8,9). The molecule has 70 valence electrons. The third-order valence-corrected chi connectivity index (χ3v) is 3.85. The molecule has 4 nitrogen and oxygen atoms in total. The number of rotatable bonds is 2. The summed E-state index contributed by atoms with van der Waals surface area (Å²) in [5, 5.41) is 8.45. The van der Waals surface area contributed by atoms with E-state index in [0.29, 0.717) is 12.8 Å². The van der Waals surface area contributed by atoms with Crippen molar-refractivity contribution in [3.05, 3.63) is 0 Å². The lowest BCUT2D eigenvalue weighted by Crippen LogP contribution is -2.24. The highest BCUT2D eigenvalue weighted by molar-refractivity contribution is 7.91. The summed E-state index contributed by atoms with van der Waals surface area (Å²) in [4.78, 5) is 10.3. The second kappa shape index (κ2) is 3.43. The Labute approximate surface area is 71.5 Å². The van der Waals surface area contributed by atoms with Crippen LogP contribution in [0.25, 0.3) is 0 Å². The fourth-order valence-corrected chi connectivity index (χ4v) is 2.98. The van der Waals surface area contributed by atoms with Crippen LogP contribution in [0.4, 0.5) is 0 Å². The molecule has 0 aromatic carbocycles. The van der Waals surface area contributed by atoms with Crippen LogP contribution in [0, 0.1) is 5.92 Å². The average molecular weight is 192 g/mol. The van der Waals surface area contributed by atoms with Crippen molar-refractivity contribution in [1.29, 1.82) is 0 Å². The fourth-order valence-electron chi connectivity index (χ4n) is 1.39. The molecule has 0 bridgehead atoms. The van der Waals surface area contributed by atoms with Gasteiger partial charge in [0.05, 0.1) is 11.5 Å². The zero-order chi connectivity index (χ0) is 9.19. The van der Waals surface area contributed by atoms with Gasteiger partial charge in [-0.05, 0) is 18.8 Å². The van der Waals surface area contributed by atoms with E-state index in [4.69, 9.17) is 5.11 Å². The van der Waals surface area contributed by atoms with E-state index in [2.05, 4.69) is 0 Å². The van der Waals surface area contributed by atoms with Gasteiger partial charge in [0, 0.05) is 6.42 Å². The number of carboxylic acid groups (broad SMARTS) is 1. The van der Waals surface area contributed by atoms with Gasteiger partial charge in [0.15, 0.2) is 0 Å². The Kier molecular flexibility index (Phi) is 2.72.